The average Bonchev–Trinajstić information content (AvgIpc) is 3.43. The van der Waals surface area contributed by atoms with Crippen molar-refractivity contribution in [2.24, 2.45) is 0 Å². The Bertz CT molecular complexity index is 1280. The third-order valence-electron chi connectivity index (χ3n) is 5.05. The number of hydrogen-bond acceptors (Lipinski definition) is 7. The number of aromatic nitrogens is 3. The molecule has 2 N–H and O–H groups in total. The molecule has 4 rings (SSSR count). The summed E-state index contributed by atoms with van der Waals surface area (Å²) < 4.78 is 44.7. The second kappa shape index (κ2) is 8.98. The average molecular weight is 473 g/mol. The lowest BCUT2D eigenvalue weighted by Gasteiger charge is -2.14. The van der Waals surface area contributed by atoms with Gasteiger partial charge in [0.25, 0.3) is 0 Å². The minimum absolute atomic E-state index is 0.145. The van der Waals surface area contributed by atoms with Crippen LogP contribution in [0.3, 0.4) is 0 Å². The zero-order valence-corrected chi connectivity index (χ0v) is 18.3. The molecule has 0 saturated carbocycles. The summed E-state index contributed by atoms with van der Waals surface area (Å²) in [5, 5.41) is 11.8. The van der Waals surface area contributed by atoms with Crippen LogP contribution in [0.1, 0.15) is 12.5 Å². The van der Waals surface area contributed by atoms with E-state index < -0.39 is 27.9 Å². The number of halogens is 1. The summed E-state index contributed by atoms with van der Waals surface area (Å²) in [6, 6.07) is 10.8. The minimum atomic E-state index is -3.64. The van der Waals surface area contributed by atoms with Crippen LogP contribution < -0.4 is 10.2 Å². The van der Waals surface area contributed by atoms with Crippen LogP contribution in [0.25, 0.3) is 11.1 Å². The van der Waals surface area contributed by atoms with E-state index in [2.05, 4.69) is 20.7 Å². The van der Waals surface area contributed by atoms with Crippen LogP contribution in [-0.4, -0.2) is 55.0 Å². The first-order valence-electron chi connectivity index (χ1n) is 9.93. The molecule has 1 aliphatic rings. The van der Waals surface area contributed by atoms with E-state index in [-0.39, 0.29) is 29.8 Å². The van der Waals surface area contributed by atoms with Crippen molar-refractivity contribution in [3.8, 4) is 11.1 Å². The summed E-state index contributed by atoms with van der Waals surface area (Å²) in [6.45, 7) is 1.73. The SMILES string of the molecule is CC(=O)NCC1CN(c2ccc(-c3ccc(CS(=O)(=O)c4cn[nH]n4)cc3)c(F)c2)C(=O)O1. The second-order valence-corrected chi connectivity index (χ2v) is 9.42. The van der Waals surface area contributed by atoms with Gasteiger partial charge in [-0.25, -0.2) is 17.6 Å². The van der Waals surface area contributed by atoms with Gasteiger partial charge in [0.05, 0.1) is 30.7 Å². The summed E-state index contributed by atoms with van der Waals surface area (Å²) in [7, 11) is -3.64. The summed E-state index contributed by atoms with van der Waals surface area (Å²) in [5.41, 5.74) is 1.70. The molecule has 1 aliphatic heterocycles. The molecule has 0 aliphatic carbocycles. The smallest absolute Gasteiger partial charge is 0.414 e. The monoisotopic (exact) mass is 473 g/mol. The molecule has 172 valence electrons. The number of hydrogen-bond donors (Lipinski definition) is 2. The number of cyclic esters (lactones) is 1. The molecule has 0 bridgehead atoms. The molecule has 1 fully saturated rings. The van der Waals surface area contributed by atoms with Gasteiger partial charge < -0.3 is 10.1 Å². The molecule has 0 radical (unpaired) electrons. The van der Waals surface area contributed by atoms with E-state index in [9.17, 15) is 22.4 Å². The number of aromatic amines is 1. The Kier molecular flexibility index (Phi) is 6.09. The summed E-state index contributed by atoms with van der Waals surface area (Å²) in [4.78, 5) is 24.5. The Hall–Kier alpha value is -3.80. The third kappa shape index (κ3) is 5.00. The van der Waals surface area contributed by atoms with Gasteiger partial charge in [-0.3, -0.25) is 9.69 Å². The van der Waals surface area contributed by atoms with E-state index in [1.165, 1.54) is 17.9 Å². The number of benzene rings is 2. The fourth-order valence-electron chi connectivity index (χ4n) is 3.42. The van der Waals surface area contributed by atoms with Gasteiger partial charge in [0.1, 0.15) is 11.9 Å². The van der Waals surface area contributed by atoms with E-state index in [0.717, 1.165) is 6.20 Å². The van der Waals surface area contributed by atoms with E-state index >= 15 is 0 Å². The quantitative estimate of drug-likeness (QED) is 0.536. The molecule has 33 heavy (non-hydrogen) atoms. The topological polar surface area (TPSA) is 134 Å². The predicted molar refractivity (Wildman–Crippen MR) is 115 cm³/mol. The maximum absolute atomic E-state index is 14.9. The van der Waals surface area contributed by atoms with Crippen LogP contribution >= 0.6 is 0 Å². The van der Waals surface area contributed by atoms with Gasteiger partial charge in [0.2, 0.25) is 15.7 Å². The number of nitrogens with zero attached hydrogens (tertiary/aromatic N) is 3. The number of rotatable bonds is 7. The van der Waals surface area contributed by atoms with Gasteiger partial charge in [0, 0.05) is 12.5 Å². The van der Waals surface area contributed by atoms with Crippen LogP contribution in [0, 0.1) is 5.82 Å². The molecular formula is C21H20FN5O5S. The summed E-state index contributed by atoms with van der Waals surface area (Å²) in [5.74, 6) is -1.05. The lowest BCUT2D eigenvalue weighted by atomic mass is 10.0. The van der Waals surface area contributed by atoms with E-state index in [0.29, 0.717) is 22.4 Å². The normalized spacial score (nSPS) is 16.0. The molecule has 1 aromatic heterocycles. The number of anilines is 1. The summed E-state index contributed by atoms with van der Waals surface area (Å²) >= 11 is 0. The molecule has 1 saturated heterocycles. The van der Waals surface area contributed by atoms with Crippen molar-refractivity contribution in [2.45, 2.75) is 23.8 Å². The zero-order valence-electron chi connectivity index (χ0n) is 17.5. The molecule has 3 aromatic rings. The van der Waals surface area contributed by atoms with Crippen LogP contribution in [-0.2, 0) is 25.1 Å². The molecule has 1 atom stereocenters. The number of ether oxygens (including phenoxy) is 1. The number of carbonyl (C=O) groups excluding carboxylic acids is 2. The highest BCUT2D eigenvalue weighted by molar-refractivity contribution is 7.90. The van der Waals surface area contributed by atoms with Crippen LogP contribution in [0.2, 0.25) is 0 Å². The molecule has 2 amide bonds. The highest BCUT2D eigenvalue weighted by atomic mass is 32.2. The Morgan fingerprint density at radius 2 is 2.03 bits per heavy atom. The zero-order chi connectivity index (χ0) is 23.6. The van der Waals surface area contributed by atoms with Crippen molar-refractivity contribution >= 4 is 27.5 Å². The first-order valence-corrected chi connectivity index (χ1v) is 11.6. The highest BCUT2D eigenvalue weighted by Crippen LogP contribution is 2.29. The Morgan fingerprint density at radius 1 is 1.27 bits per heavy atom. The van der Waals surface area contributed by atoms with Crippen LogP contribution in [0.4, 0.5) is 14.9 Å². The number of carbonyl (C=O) groups is 2. The van der Waals surface area contributed by atoms with Gasteiger partial charge in [-0.05, 0) is 29.3 Å². The number of H-pyrrole nitrogens is 1. The molecule has 1 unspecified atom stereocenters. The Balaban J connectivity index is 1.47. The maximum atomic E-state index is 14.9. The van der Waals surface area contributed by atoms with Crippen molar-refractivity contribution in [3.63, 3.8) is 0 Å². The van der Waals surface area contributed by atoms with Crippen LogP contribution in [0.5, 0.6) is 0 Å². The maximum Gasteiger partial charge on any atom is 0.414 e. The molecule has 2 aromatic carbocycles. The van der Waals surface area contributed by atoms with E-state index in [1.54, 1.807) is 36.4 Å². The first kappa shape index (κ1) is 22.4. The van der Waals surface area contributed by atoms with Gasteiger partial charge in [-0.2, -0.15) is 10.3 Å². The highest BCUT2D eigenvalue weighted by Gasteiger charge is 2.32. The molecule has 10 nitrogen and oxygen atoms in total. The number of sulfone groups is 1. The van der Waals surface area contributed by atoms with Crippen molar-refractivity contribution in [2.75, 3.05) is 18.0 Å². The minimum Gasteiger partial charge on any atom is -0.442 e. The number of amides is 2. The molecule has 12 heteroatoms. The van der Waals surface area contributed by atoms with Gasteiger partial charge in [0.15, 0.2) is 5.03 Å². The summed E-state index contributed by atoms with van der Waals surface area (Å²) in [6.07, 6.45) is -0.000798. The number of nitrogens with one attached hydrogen (secondary N) is 2. The van der Waals surface area contributed by atoms with E-state index in [1.807, 2.05) is 0 Å². The third-order valence-corrected chi connectivity index (χ3v) is 6.60. The Morgan fingerprint density at radius 3 is 2.67 bits per heavy atom. The first-order chi connectivity index (χ1) is 15.7. The second-order valence-electron chi connectivity index (χ2n) is 7.48. The predicted octanol–water partition coefficient (Wildman–Crippen LogP) is 2.05. The van der Waals surface area contributed by atoms with Crippen molar-refractivity contribution in [1.82, 2.24) is 20.7 Å². The molecule has 2 heterocycles. The van der Waals surface area contributed by atoms with Crippen molar-refractivity contribution < 1.29 is 27.1 Å². The standard InChI is InChI=1S/C21H20FN5O5S/c1-13(28)23-9-17-11-27(21(29)32-17)16-6-7-18(19(22)8-16)15-4-2-14(3-5-15)12-33(30,31)20-10-24-26-25-20/h2-8,10,17H,9,11-12H2,1H3,(H,23,28)(H,24,25,26). The molecule has 0 spiro atoms. The fraction of sp³-hybridized carbons (Fsp3) is 0.238. The lowest BCUT2D eigenvalue weighted by molar-refractivity contribution is -0.119. The van der Waals surface area contributed by atoms with Gasteiger partial charge in [-0.1, -0.05) is 24.3 Å². The van der Waals surface area contributed by atoms with Crippen molar-refractivity contribution in [3.05, 3.63) is 60.0 Å². The van der Waals surface area contributed by atoms with E-state index in [4.69, 9.17) is 4.74 Å². The largest absolute Gasteiger partial charge is 0.442 e. The van der Waals surface area contributed by atoms with Gasteiger partial charge >= 0.3 is 6.09 Å². The Labute approximate surface area is 188 Å². The fourth-order valence-corrected chi connectivity index (χ4v) is 4.59. The van der Waals surface area contributed by atoms with Crippen molar-refractivity contribution in [1.29, 1.82) is 0 Å². The van der Waals surface area contributed by atoms with Crippen LogP contribution in [0.15, 0.2) is 53.7 Å². The lowest BCUT2D eigenvalue weighted by Crippen LogP contribution is -2.33. The molecular weight excluding hydrogens is 453 g/mol. The van der Waals surface area contributed by atoms with Gasteiger partial charge in [-0.15, -0.1) is 5.10 Å².